The van der Waals surface area contributed by atoms with Crippen molar-refractivity contribution in [2.24, 2.45) is 11.8 Å². The number of halogens is 3. The number of alkyl halides is 3. The average molecular weight is 450 g/mol. The van der Waals surface area contributed by atoms with Crippen LogP contribution in [0.2, 0.25) is 0 Å². The monoisotopic (exact) mass is 448 g/mol. The van der Waals surface area contributed by atoms with E-state index in [1.165, 1.54) is 0 Å². The van der Waals surface area contributed by atoms with Gasteiger partial charge in [-0.25, -0.2) is 13.7 Å². The Balaban J connectivity index is 5.02. The van der Waals surface area contributed by atoms with Crippen LogP contribution in [0.15, 0.2) is 0 Å². The number of hydrogen-bond donors (Lipinski definition) is 1. The minimum Gasteiger partial charge on any atom is -0.302 e. The van der Waals surface area contributed by atoms with Crippen LogP contribution in [-0.2, 0) is 27.0 Å². The molecule has 0 aromatic carbocycles. The van der Waals surface area contributed by atoms with Crippen LogP contribution in [0.3, 0.4) is 0 Å². The van der Waals surface area contributed by atoms with Crippen molar-refractivity contribution in [1.82, 2.24) is 0 Å². The van der Waals surface area contributed by atoms with E-state index in [1.807, 2.05) is 13.8 Å². The van der Waals surface area contributed by atoms with E-state index < -0.39 is 20.2 Å². The van der Waals surface area contributed by atoms with Gasteiger partial charge in [0.2, 0.25) is 4.52 Å². The molecule has 0 amide bonds. The summed E-state index contributed by atoms with van der Waals surface area (Å²) in [4.78, 5) is 9.70. The van der Waals surface area contributed by atoms with Crippen molar-refractivity contribution >= 4 is 50.4 Å². The number of rotatable bonds is 13. The quantitative estimate of drug-likeness (QED) is 0.284. The molecule has 0 aliphatic rings. The summed E-state index contributed by atoms with van der Waals surface area (Å²) in [7, 11) is -9.29. The van der Waals surface area contributed by atoms with Crippen LogP contribution in [0.25, 0.3) is 0 Å². The molecule has 0 heterocycles. The number of hydrogen-bond acceptors (Lipinski definition) is 6. The van der Waals surface area contributed by atoms with Crippen LogP contribution in [-0.4, -0.2) is 28.5 Å². The Morgan fingerprint density at radius 2 is 1.62 bits per heavy atom. The Labute approximate surface area is 158 Å². The minimum atomic E-state index is -4.70. The van der Waals surface area contributed by atoms with Gasteiger partial charge in [0, 0.05) is 12.3 Å². The summed E-state index contributed by atoms with van der Waals surface area (Å²) >= 11 is 17.3. The molecule has 1 N–H and O–H groups in total. The molecular weight excluding hydrogens is 424 g/mol. The van der Waals surface area contributed by atoms with E-state index in [9.17, 15) is 14.0 Å². The highest BCUT2D eigenvalue weighted by molar-refractivity contribution is 7.61. The molecule has 12 heteroatoms. The van der Waals surface area contributed by atoms with Gasteiger partial charge < -0.3 is 4.89 Å². The fourth-order valence-electron chi connectivity index (χ4n) is 1.44. The van der Waals surface area contributed by atoms with E-state index in [4.69, 9.17) is 48.4 Å². The van der Waals surface area contributed by atoms with Crippen molar-refractivity contribution in [3.05, 3.63) is 0 Å². The first-order valence-electron chi connectivity index (χ1n) is 7.38. The summed E-state index contributed by atoms with van der Waals surface area (Å²) < 4.78 is 41.8. The summed E-state index contributed by atoms with van der Waals surface area (Å²) in [6.07, 6.45) is 0.585. The zero-order valence-corrected chi connectivity index (χ0v) is 18.2. The smallest absolute Gasteiger partial charge is 0.302 e. The average Bonchev–Trinajstić information content (AvgIpc) is 2.32. The van der Waals surface area contributed by atoms with Gasteiger partial charge in [-0.05, 0) is 18.3 Å². The van der Waals surface area contributed by atoms with Crippen LogP contribution in [0, 0.1) is 11.8 Å². The summed E-state index contributed by atoms with van der Waals surface area (Å²) in [5.74, 6) is 0.178. The molecule has 0 bridgehead atoms. The van der Waals surface area contributed by atoms with Crippen molar-refractivity contribution < 1.29 is 31.9 Å². The molecule has 2 unspecified atom stereocenters. The van der Waals surface area contributed by atoms with Crippen molar-refractivity contribution in [2.45, 2.75) is 45.1 Å². The molecule has 0 aliphatic carbocycles. The Morgan fingerprint density at radius 1 is 1.04 bits per heavy atom. The zero-order chi connectivity index (χ0) is 19.0. The standard InChI is InChI=1S/C12H25Cl3O7P2/c1-10(2)5-7-19-23(16,17)22-24(18,20-8-6-13)21-12(14,15)9-11(3)4/h10-11H,5-9H2,1-4H3,(H,16,17). The van der Waals surface area contributed by atoms with Crippen LogP contribution < -0.4 is 0 Å². The lowest BCUT2D eigenvalue weighted by molar-refractivity contribution is 0.101. The summed E-state index contributed by atoms with van der Waals surface area (Å²) in [6.45, 7) is 7.09. The van der Waals surface area contributed by atoms with Crippen LogP contribution in [0.5, 0.6) is 0 Å². The van der Waals surface area contributed by atoms with E-state index in [1.54, 1.807) is 13.8 Å². The summed E-state index contributed by atoms with van der Waals surface area (Å²) in [6, 6.07) is 0. The predicted octanol–water partition coefficient (Wildman–Crippen LogP) is 5.72. The number of phosphoric ester groups is 2. The summed E-state index contributed by atoms with van der Waals surface area (Å²) in [5, 5.41) is 0. The van der Waals surface area contributed by atoms with E-state index in [0.29, 0.717) is 6.42 Å². The maximum absolute atomic E-state index is 12.6. The Bertz CT molecular complexity index is 460. The third-order valence-electron chi connectivity index (χ3n) is 2.37. The topological polar surface area (TPSA) is 91.3 Å². The molecule has 0 aromatic rings. The van der Waals surface area contributed by atoms with Crippen molar-refractivity contribution in [1.29, 1.82) is 0 Å². The van der Waals surface area contributed by atoms with Gasteiger partial charge in [-0.3, -0.25) is 9.05 Å². The van der Waals surface area contributed by atoms with E-state index >= 15 is 0 Å². The van der Waals surface area contributed by atoms with Gasteiger partial charge in [-0.2, -0.15) is 4.31 Å². The Hall–Kier alpha value is 1.13. The van der Waals surface area contributed by atoms with Crippen molar-refractivity contribution in [3.63, 3.8) is 0 Å². The molecule has 2 atom stereocenters. The molecule has 0 aromatic heterocycles. The minimum absolute atomic E-state index is 0.00954. The lowest BCUT2D eigenvalue weighted by Crippen LogP contribution is -2.20. The molecule has 0 rings (SSSR count). The highest BCUT2D eigenvalue weighted by Gasteiger charge is 2.44. The second-order valence-electron chi connectivity index (χ2n) is 5.86. The molecular formula is C12H25Cl3O7P2. The molecule has 0 radical (unpaired) electrons. The maximum Gasteiger partial charge on any atom is 0.486 e. The van der Waals surface area contributed by atoms with Gasteiger partial charge in [0.05, 0.1) is 13.2 Å². The maximum atomic E-state index is 12.6. The van der Waals surface area contributed by atoms with E-state index in [-0.39, 0.29) is 37.4 Å². The third kappa shape index (κ3) is 12.5. The van der Waals surface area contributed by atoms with Crippen molar-refractivity contribution in [2.75, 3.05) is 19.1 Å². The molecule has 0 aliphatic heterocycles. The molecule has 146 valence electrons. The summed E-state index contributed by atoms with van der Waals surface area (Å²) in [5.41, 5.74) is 0. The van der Waals surface area contributed by atoms with Crippen LogP contribution in [0.4, 0.5) is 0 Å². The fourth-order valence-corrected chi connectivity index (χ4v) is 5.38. The fraction of sp³-hybridized carbons (Fsp3) is 1.00. The van der Waals surface area contributed by atoms with Gasteiger partial charge in [-0.15, -0.1) is 11.6 Å². The van der Waals surface area contributed by atoms with Gasteiger partial charge in [0.15, 0.2) is 0 Å². The molecule has 7 nitrogen and oxygen atoms in total. The number of phosphoric acid groups is 2. The first-order chi connectivity index (χ1) is 10.8. The lowest BCUT2D eigenvalue weighted by Gasteiger charge is -2.27. The zero-order valence-electron chi connectivity index (χ0n) is 14.1. The highest BCUT2D eigenvalue weighted by atomic mass is 35.5. The van der Waals surface area contributed by atoms with Gasteiger partial charge >= 0.3 is 15.6 Å². The Morgan fingerprint density at radius 3 is 2.08 bits per heavy atom. The van der Waals surface area contributed by atoms with Gasteiger partial charge in [-0.1, -0.05) is 50.9 Å². The van der Waals surface area contributed by atoms with Crippen molar-refractivity contribution in [3.8, 4) is 0 Å². The lowest BCUT2D eigenvalue weighted by atomic mass is 10.1. The normalized spacial score (nSPS) is 17.9. The first-order valence-corrected chi connectivity index (χ1v) is 11.6. The first kappa shape index (κ1) is 25.1. The van der Waals surface area contributed by atoms with Gasteiger partial charge in [0.25, 0.3) is 0 Å². The van der Waals surface area contributed by atoms with Crippen LogP contribution in [0.1, 0.15) is 40.5 Å². The SMILES string of the molecule is CC(C)CCOP(=O)(O)OP(=O)(OCCCl)OC(Cl)(Cl)CC(C)C. The molecule has 0 spiro atoms. The second kappa shape index (κ2) is 11.1. The third-order valence-corrected chi connectivity index (χ3v) is 6.37. The molecule has 0 saturated heterocycles. The van der Waals surface area contributed by atoms with E-state index in [2.05, 4.69) is 4.31 Å². The molecule has 0 saturated carbocycles. The van der Waals surface area contributed by atoms with E-state index in [0.717, 1.165) is 0 Å². The molecule has 24 heavy (non-hydrogen) atoms. The Kier molecular flexibility index (Phi) is 11.6. The molecule has 0 fully saturated rings. The largest absolute Gasteiger partial charge is 0.486 e. The van der Waals surface area contributed by atoms with Gasteiger partial charge in [0.1, 0.15) is 0 Å². The predicted molar refractivity (Wildman–Crippen MR) is 95.6 cm³/mol. The second-order valence-corrected chi connectivity index (χ2v) is 10.8. The van der Waals surface area contributed by atoms with Crippen LogP contribution >= 0.6 is 50.4 Å². The highest BCUT2D eigenvalue weighted by Crippen LogP contribution is 2.66.